The number of benzene rings is 3. The molecule has 0 spiro atoms. The second-order valence-corrected chi connectivity index (χ2v) is 4.78. The number of aryl methyl sites for hydroxylation is 1. The van der Waals surface area contributed by atoms with Crippen LogP contribution >= 0.6 is 0 Å². The van der Waals surface area contributed by atoms with Crippen LogP contribution in [0.15, 0.2) is 78.9 Å². The summed E-state index contributed by atoms with van der Waals surface area (Å²) in [6, 6.07) is 26.8. The molecule has 0 aliphatic rings. The Morgan fingerprint density at radius 2 is 1.20 bits per heavy atom. The lowest BCUT2D eigenvalue weighted by molar-refractivity contribution is 1.16. The summed E-state index contributed by atoms with van der Waals surface area (Å²) in [5, 5.41) is 4.82. The first kappa shape index (κ1) is 12.5. The molecule has 0 saturated carbocycles. The van der Waals surface area contributed by atoms with Gasteiger partial charge in [0.05, 0.1) is 11.4 Å². The van der Waals surface area contributed by atoms with Crippen molar-refractivity contribution in [3.05, 3.63) is 84.4 Å². The van der Waals surface area contributed by atoms with Crippen LogP contribution in [0.1, 0.15) is 5.56 Å². The summed E-state index contributed by atoms with van der Waals surface area (Å²) < 4.78 is 0. The highest BCUT2D eigenvalue weighted by atomic mass is 14.9. The quantitative estimate of drug-likeness (QED) is 0.610. The van der Waals surface area contributed by atoms with E-state index in [2.05, 4.69) is 61.5 Å². The summed E-state index contributed by atoms with van der Waals surface area (Å²) in [4.78, 5) is 0. The van der Waals surface area contributed by atoms with Gasteiger partial charge < -0.3 is 0 Å². The zero-order chi connectivity index (χ0) is 13.8. The molecule has 1 heteroatoms. The highest BCUT2D eigenvalue weighted by Gasteiger charge is 2.07. The maximum Gasteiger partial charge on any atom is 0.0715 e. The van der Waals surface area contributed by atoms with Crippen LogP contribution in [-0.4, -0.2) is 0 Å². The van der Waals surface area contributed by atoms with Crippen molar-refractivity contribution in [3.8, 4) is 11.1 Å². The lowest BCUT2D eigenvalue weighted by Crippen LogP contribution is -1.93. The largest absolute Gasteiger partial charge is 0.248 e. The Morgan fingerprint density at radius 3 is 1.95 bits per heavy atom. The first-order valence-electron chi connectivity index (χ1n) is 6.76. The molecule has 0 unspecified atom stereocenters. The van der Waals surface area contributed by atoms with Crippen LogP contribution in [0, 0.1) is 6.92 Å². The smallest absolute Gasteiger partial charge is 0.0715 e. The van der Waals surface area contributed by atoms with Crippen molar-refractivity contribution in [1.82, 2.24) is 5.32 Å². The number of nitrogens with zero attached hydrogens (tertiary/aromatic N) is 1. The van der Waals surface area contributed by atoms with E-state index in [9.17, 15) is 0 Å². The molecule has 0 heterocycles. The molecule has 0 atom stereocenters. The normalized spacial score (nSPS) is 10.2. The molecule has 1 nitrogen and oxygen atoms in total. The van der Waals surface area contributed by atoms with Gasteiger partial charge in [-0.25, -0.2) is 5.32 Å². The number of para-hydroxylation sites is 2. The number of hydrogen-bond donors (Lipinski definition) is 0. The molecule has 0 bridgehead atoms. The Hall–Kier alpha value is -2.54. The zero-order valence-electron chi connectivity index (χ0n) is 11.5. The van der Waals surface area contributed by atoms with Gasteiger partial charge in [-0.3, -0.25) is 0 Å². The maximum absolute atomic E-state index is 4.82. The van der Waals surface area contributed by atoms with Gasteiger partial charge in [-0.15, -0.1) is 0 Å². The number of rotatable bonds is 3. The van der Waals surface area contributed by atoms with Crippen LogP contribution in [0.3, 0.4) is 0 Å². The molecule has 0 aliphatic carbocycles. The lowest BCUT2D eigenvalue weighted by atomic mass is 10.0. The van der Waals surface area contributed by atoms with E-state index in [1.54, 1.807) is 0 Å². The standard InChI is InChI=1S/C19H16N/c1-15-9-5-7-13-18(15)20-19-14-8-6-12-17(19)16-10-3-2-4-11-16/h2-14H,1H3. The zero-order valence-corrected chi connectivity index (χ0v) is 11.5. The molecule has 0 aromatic heterocycles. The molecule has 0 N–H and O–H groups in total. The van der Waals surface area contributed by atoms with Gasteiger partial charge in [0.1, 0.15) is 0 Å². The first-order valence-corrected chi connectivity index (χ1v) is 6.76. The minimum absolute atomic E-state index is 1.01. The molecule has 3 rings (SSSR count). The average Bonchev–Trinajstić information content (AvgIpc) is 2.51. The first-order chi connectivity index (χ1) is 9.84. The summed E-state index contributed by atoms with van der Waals surface area (Å²) in [5.74, 6) is 0. The molecular formula is C19H16N. The third-order valence-corrected chi connectivity index (χ3v) is 3.35. The lowest BCUT2D eigenvalue weighted by Gasteiger charge is -2.11. The summed E-state index contributed by atoms with van der Waals surface area (Å²) in [6.45, 7) is 2.09. The molecule has 0 aliphatic heterocycles. The van der Waals surface area contributed by atoms with E-state index in [4.69, 9.17) is 5.32 Å². The van der Waals surface area contributed by atoms with Gasteiger partial charge in [-0.1, -0.05) is 66.7 Å². The highest BCUT2D eigenvalue weighted by molar-refractivity contribution is 5.77. The molecule has 20 heavy (non-hydrogen) atoms. The van der Waals surface area contributed by atoms with Crippen LogP contribution < -0.4 is 5.32 Å². The predicted octanol–water partition coefficient (Wildman–Crippen LogP) is 5.23. The molecule has 97 valence electrons. The van der Waals surface area contributed by atoms with Gasteiger partial charge in [-0.05, 0) is 30.2 Å². The van der Waals surface area contributed by atoms with Crippen LogP contribution in [0.5, 0.6) is 0 Å². The number of hydrogen-bond acceptors (Lipinski definition) is 0. The topological polar surface area (TPSA) is 14.1 Å². The van der Waals surface area contributed by atoms with Crippen molar-refractivity contribution in [1.29, 1.82) is 0 Å². The molecule has 0 fully saturated rings. The summed E-state index contributed by atoms with van der Waals surface area (Å²) in [6.07, 6.45) is 0. The van der Waals surface area contributed by atoms with Gasteiger partial charge in [0.15, 0.2) is 0 Å². The van der Waals surface area contributed by atoms with E-state index in [0.717, 1.165) is 16.9 Å². The maximum atomic E-state index is 4.82. The fourth-order valence-electron chi connectivity index (χ4n) is 2.25. The Morgan fingerprint density at radius 1 is 0.600 bits per heavy atom. The second kappa shape index (κ2) is 5.62. The minimum atomic E-state index is 1.01. The van der Waals surface area contributed by atoms with Crippen LogP contribution in [0.2, 0.25) is 0 Å². The van der Waals surface area contributed by atoms with Crippen molar-refractivity contribution < 1.29 is 0 Å². The van der Waals surface area contributed by atoms with Crippen molar-refractivity contribution in [2.24, 2.45) is 0 Å². The SMILES string of the molecule is Cc1ccccc1[N]c1ccccc1-c1ccccc1. The molecule has 0 saturated heterocycles. The van der Waals surface area contributed by atoms with E-state index in [-0.39, 0.29) is 0 Å². The summed E-state index contributed by atoms with van der Waals surface area (Å²) in [5.41, 5.74) is 5.58. The third kappa shape index (κ3) is 2.57. The van der Waals surface area contributed by atoms with Gasteiger partial charge in [0, 0.05) is 5.56 Å². The van der Waals surface area contributed by atoms with Crippen molar-refractivity contribution in [2.75, 3.05) is 0 Å². The van der Waals surface area contributed by atoms with Gasteiger partial charge in [0.2, 0.25) is 0 Å². The van der Waals surface area contributed by atoms with Gasteiger partial charge in [-0.2, -0.15) is 0 Å². The van der Waals surface area contributed by atoms with E-state index in [1.165, 1.54) is 11.1 Å². The summed E-state index contributed by atoms with van der Waals surface area (Å²) >= 11 is 0. The van der Waals surface area contributed by atoms with E-state index in [0.29, 0.717) is 0 Å². The molecule has 3 aromatic carbocycles. The molecular weight excluding hydrogens is 242 g/mol. The van der Waals surface area contributed by atoms with Crippen LogP contribution in [0.4, 0.5) is 11.4 Å². The van der Waals surface area contributed by atoms with Crippen LogP contribution in [-0.2, 0) is 0 Å². The summed E-state index contributed by atoms with van der Waals surface area (Å²) in [7, 11) is 0. The van der Waals surface area contributed by atoms with Gasteiger partial charge >= 0.3 is 0 Å². The molecule has 3 aromatic rings. The van der Waals surface area contributed by atoms with E-state index in [1.807, 2.05) is 24.3 Å². The van der Waals surface area contributed by atoms with E-state index < -0.39 is 0 Å². The molecule has 0 amide bonds. The van der Waals surface area contributed by atoms with Crippen molar-refractivity contribution in [2.45, 2.75) is 6.92 Å². The monoisotopic (exact) mass is 258 g/mol. The van der Waals surface area contributed by atoms with Crippen molar-refractivity contribution in [3.63, 3.8) is 0 Å². The van der Waals surface area contributed by atoms with Crippen LogP contribution in [0.25, 0.3) is 11.1 Å². The molecule has 1 radical (unpaired) electrons. The highest BCUT2D eigenvalue weighted by Crippen LogP contribution is 2.31. The average molecular weight is 258 g/mol. The second-order valence-electron chi connectivity index (χ2n) is 4.78. The Labute approximate surface area is 119 Å². The third-order valence-electron chi connectivity index (χ3n) is 3.35. The minimum Gasteiger partial charge on any atom is -0.248 e. The Bertz CT molecular complexity index is 702. The van der Waals surface area contributed by atoms with Crippen molar-refractivity contribution >= 4 is 11.4 Å². The Kier molecular flexibility index (Phi) is 3.51. The van der Waals surface area contributed by atoms with Gasteiger partial charge in [0.25, 0.3) is 0 Å². The fraction of sp³-hybridized carbons (Fsp3) is 0.0526. The Balaban J connectivity index is 2.01. The fourth-order valence-corrected chi connectivity index (χ4v) is 2.25. The van der Waals surface area contributed by atoms with E-state index >= 15 is 0 Å². The predicted molar refractivity (Wildman–Crippen MR) is 84.5 cm³/mol.